The van der Waals surface area contributed by atoms with Gasteiger partial charge in [-0.25, -0.2) is 0 Å². The summed E-state index contributed by atoms with van der Waals surface area (Å²) in [6.45, 7) is 6.87. The van der Waals surface area contributed by atoms with Crippen LogP contribution >= 0.6 is 0 Å². The Bertz CT molecular complexity index is 549. The molecular weight excluding hydrogens is 284 g/mol. The Morgan fingerprint density at radius 2 is 1.30 bits per heavy atom. The zero-order valence-electron chi connectivity index (χ0n) is 13.7. The van der Waals surface area contributed by atoms with Crippen LogP contribution in [0.2, 0.25) is 0 Å². The summed E-state index contributed by atoms with van der Waals surface area (Å²) in [5.41, 5.74) is 3.59. The van der Waals surface area contributed by atoms with Gasteiger partial charge in [0.05, 0.1) is 19.8 Å². The Balaban J connectivity index is 1.45. The molecule has 23 heavy (non-hydrogen) atoms. The number of rotatable bonds is 11. The van der Waals surface area contributed by atoms with Gasteiger partial charge < -0.3 is 9.47 Å². The van der Waals surface area contributed by atoms with E-state index < -0.39 is 0 Å². The van der Waals surface area contributed by atoms with Crippen molar-refractivity contribution in [2.24, 2.45) is 0 Å². The lowest BCUT2D eigenvalue weighted by Gasteiger charge is -2.08. The van der Waals surface area contributed by atoms with Crippen LogP contribution in [0.5, 0.6) is 0 Å². The molecule has 0 aliphatic rings. The first-order valence-electron chi connectivity index (χ1n) is 8.24. The summed E-state index contributed by atoms with van der Waals surface area (Å²) in [4.78, 5) is 0. The van der Waals surface area contributed by atoms with Gasteiger partial charge in [-0.2, -0.15) is 0 Å². The monoisotopic (exact) mass is 310 g/mol. The van der Waals surface area contributed by atoms with Crippen LogP contribution in [0.25, 0.3) is 0 Å². The van der Waals surface area contributed by atoms with Crippen LogP contribution in [-0.2, 0) is 22.7 Å². The highest BCUT2D eigenvalue weighted by Gasteiger charge is 1.98. The minimum absolute atomic E-state index is 0.639. The number of hydrogen-bond donors (Lipinski definition) is 0. The lowest BCUT2D eigenvalue weighted by Crippen LogP contribution is -2.00. The molecule has 0 aromatic heterocycles. The smallest absolute Gasteiger partial charge is 0.0721 e. The van der Waals surface area contributed by atoms with Crippen LogP contribution in [-0.4, -0.2) is 13.2 Å². The van der Waals surface area contributed by atoms with Crippen molar-refractivity contribution >= 4 is 0 Å². The third-order valence-corrected chi connectivity index (χ3v) is 3.60. The van der Waals surface area contributed by atoms with Gasteiger partial charge in [-0.1, -0.05) is 72.8 Å². The maximum atomic E-state index is 5.69. The summed E-state index contributed by atoms with van der Waals surface area (Å²) in [5, 5.41) is 0. The Kier molecular flexibility index (Phi) is 8.17. The van der Waals surface area contributed by atoms with E-state index in [-0.39, 0.29) is 0 Å². The second kappa shape index (κ2) is 10.8. The molecule has 0 atom stereocenters. The maximum absolute atomic E-state index is 5.69. The zero-order valence-corrected chi connectivity index (χ0v) is 13.7. The quantitative estimate of drug-likeness (QED) is 0.422. The molecule has 2 rings (SSSR count). The maximum Gasteiger partial charge on any atom is 0.0721 e. The molecule has 0 saturated carbocycles. The van der Waals surface area contributed by atoms with E-state index in [2.05, 4.69) is 30.8 Å². The fourth-order valence-corrected chi connectivity index (χ4v) is 2.30. The minimum atomic E-state index is 0.639. The van der Waals surface area contributed by atoms with Crippen LogP contribution in [0, 0.1) is 0 Å². The molecule has 2 heteroatoms. The molecule has 0 N–H and O–H groups in total. The molecule has 2 aromatic carbocycles. The highest BCUT2D eigenvalue weighted by Crippen LogP contribution is 2.09. The average molecular weight is 310 g/mol. The van der Waals surface area contributed by atoms with Gasteiger partial charge in [0.15, 0.2) is 0 Å². The van der Waals surface area contributed by atoms with Crippen molar-refractivity contribution in [3.63, 3.8) is 0 Å². The molecular formula is C21H26O2. The highest BCUT2D eigenvalue weighted by molar-refractivity contribution is 5.14. The Morgan fingerprint density at radius 1 is 0.739 bits per heavy atom. The van der Waals surface area contributed by atoms with Crippen LogP contribution in [0.15, 0.2) is 72.8 Å². The molecule has 0 spiro atoms. The fourth-order valence-electron chi connectivity index (χ4n) is 2.30. The van der Waals surface area contributed by atoms with Crippen molar-refractivity contribution in [2.45, 2.75) is 32.5 Å². The molecule has 0 fully saturated rings. The summed E-state index contributed by atoms with van der Waals surface area (Å²) in [7, 11) is 0. The summed E-state index contributed by atoms with van der Waals surface area (Å²) >= 11 is 0. The predicted molar refractivity (Wildman–Crippen MR) is 95.2 cm³/mol. The molecule has 0 saturated heterocycles. The van der Waals surface area contributed by atoms with Crippen molar-refractivity contribution in [1.29, 1.82) is 0 Å². The minimum Gasteiger partial charge on any atom is -0.377 e. The van der Waals surface area contributed by atoms with Crippen molar-refractivity contribution in [3.8, 4) is 0 Å². The summed E-state index contributed by atoms with van der Waals surface area (Å²) in [6, 6.07) is 20.5. The van der Waals surface area contributed by atoms with Crippen molar-refractivity contribution in [1.82, 2.24) is 0 Å². The van der Waals surface area contributed by atoms with E-state index in [1.807, 2.05) is 36.4 Å². The summed E-state index contributed by atoms with van der Waals surface area (Å²) in [5.74, 6) is 0. The second-order valence-corrected chi connectivity index (χ2v) is 5.72. The van der Waals surface area contributed by atoms with Crippen molar-refractivity contribution < 1.29 is 9.47 Å². The van der Waals surface area contributed by atoms with Crippen molar-refractivity contribution in [3.05, 3.63) is 83.9 Å². The van der Waals surface area contributed by atoms with E-state index in [4.69, 9.17) is 9.47 Å². The molecule has 0 amide bonds. The lowest BCUT2D eigenvalue weighted by molar-refractivity contribution is 0.116. The van der Waals surface area contributed by atoms with E-state index in [1.54, 1.807) is 0 Å². The number of ether oxygens (including phenoxy) is 2. The fraction of sp³-hybridized carbons (Fsp3) is 0.333. The van der Waals surface area contributed by atoms with Gasteiger partial charge in [-0.3, -0.25) is 0 Å². The molecule has 122 valence electrons. The molecule has 0 unspecified atom stereocenters. The van der Waals surface area contributed by atoms with E-state index in [0.29, 0.717) is 19.8 Å². The first-order chi connectivity index (χ1) is 11.3. The second-order valence-electron chi connectivity index (χ2n) is 5.72. The molecule has 2 nitrogen and oxygen atoms in total. The third kappa shape index (κ3) is 7.78. The molecule has 0 aliphatic heterocycles. The Labute approximate surface area is 139 Å². The average Bonchev–Trinajstić information content (AvgIpc) is 2.60. The topological polar surface area (TPSA) is 18.5 Å². The summed E-state index contributed by atoms with van der Waals surface area (Å²) < 4.78 is 11.4. The standard InChI is InChI=1S/C21H26O2/c1-19(16-23-18-21-13-6-3-7-14-21)10-8-9-15-22-17-20-11-4-2-5-12-20/h2-7,11-14H,1,8-10,15-18H2. The molecule has 0 radical (unpaired) electrons. The van der Waals surface area contributed by atoms with Crippen molar-refractivity contribution in [2.75, 3.05) is 13.2 Å². The van der Waals surface area contributed by atoms with Crippen LogP contribution < -0.4 is 0 Å². The third-order valence-electron chi connectivity index (χ3n) is 3.60. The van der Waals surface area contributed by atoms with Gasteiger partial charge in [-0.15, -0.1) is 0 Å². The van der Waals surface area contributed by atoms with Gasteiger partial charge in [0.2, 0.25) is 0 Å². The highest BCUT2D eigenvalue weighted by atomic mass is 16.5. The van der Waals surface area contributed by atoms with E-state index in [9.17, 15) is 0 Å². The van der Waals surface area contributed by atoms with Crippen LogP contribution in [0.4, 0.5) is 0 Å². The van der Waals surface area contributed by atoms with Gasteiger partial charge in [-0.05, 0) is 30.4 Å². The number of unbranched alkanes of at least 4 members (excludes halogenated alkanes) is 1. The van der Waals surface area contributed by atoms with Gasteiger partial charge in [0, 0.05) is 6.61 Å². The molecule has 0 bridgehead atoms. The van der Waals surface area contributed by atoms with Gasteiger partial charge >= 0.3 is 0 Å². The summed E-state index contributed by atoms with van der Waals surface area (Å²) in [6.07, 6.45) is 3.16. The number of benzene rings is 2. The SMILES string of the molecule is C=C(CCCCOCc1ccccc1)COCc1ccccc1. The molecule has 2 aromatic rings. The normalized spacial score (nSPS) is 10.6. The first kappa shape index (κ1) is 17.5. The lowest BCUT2D eigenvalue weighted by atomic mass is 10.1. The Morgan fingerprint density at radius 3 is 1.91 bits per heavy atom. The van der Waals surface area contributed by atoms with E-state index in [0.717, 1.165) is 31.4 Å². The van der Waals surface area contributed by atoms with Crippen LogP contribution in [0.3, 0.4) is 0 Å². The molecule has 0 aliphatic carbocycles. The zero-order chi connectivity index (χ0) is 16.2. The van der Waals surface area contributed by atoms with Gasteiger partial charge in [0.1, 0.15) is 0 Å². The Hall–Kier alpha value is -1.90. The predicted octanol–water partition coefficient (Wildman–Crippen LogP) is 5.15. The largest absolute Gasteiger partial charge is 0.377 e. The van der Waals surface area contributed by atoms with E-state index >= 15 is 0 Å². The number of hydrogen-bond acceptors (Lipinski definition) is 2. The van der Waals surface area contributed by atoms with E-state index in [1.165, 1.54) is 11.1 Å². The van der Waals surface area contributed by atoms with Crippen LogP contribution in [0.1, 0.15) is 30.4 Å². The van der Waals surface area contributed by atoms with Gasteiger partial charge in [0.25, 0.3) is 0 Å². The molecule has 0 heterocycles. The first-order valence-corrected chi connectivity index (χ1v) is 8.24.